The maximum Gasteiger partial charge on any atom is 0.308 e. The average Bonchev–Trinajstić information content (AvgIpc) is 3.29. The van der Waals surface area contributed by atoms with Gasteiger partial charge in [0.05, 0.1) is 12.5 Å². The molecule has 0 aliphatic heterocycles. The SMILES string of the molecule is CC(C)C1=CCC=C(C(C)CC(C)(C)COC(=O)C2CC2)C1. The van der Waals surface area contributed by atoms with Crippen LogP contribution in [0.1, 0.15) is 66.7 Å². The number of allylic oxidation sites excluding steroid dienone is 4. The second kappa shape index (κ2) is 7.02. The first-order valence-corrected chi connectivity index (χ1v) is 8.83. The molecule has 0 amide bonds. The second-order valence-corrected chi connectivity index (χ2v) is 8.28. The standard InChI is InChI=1S/C20H32O2/c1-14(2)17-7-6-8-18(11-17)15(3)12-20(4,5)13-22-19(21)16-9-10-16/h7-8,14-16H,6,9-13H2,1-5H3. The molecule has 22 heavy (non-hydrogen) atoms. The van der Waals surface area contributed by atoms with Crippen molar-refractivity contribution in [1.29, 1.82) is 0 Å². The van der Waals surface area contributed by atoms with Crippen LogP contribution < -0.4 is 0 Å². The summed E-state index contributed by atoms with van der Waals surface area (Å²) in [5.41, 5.74) is 3.18. The molecule has 1 unspecified atom stereocenters. The van der Waals surface area contributed by atoms with E-state index in [0.29, 0.717) is 18.4 Å². The molecular formula is C20H32O2. The number of ether oxygens (including phenoxy) is 1. The van der Waals surface area contributed by atoms with Gasteiger partial charge in [0.1, 0.15) is 0 Å². The number of carbonyl (C=O) groups is 1. The van der Waals surface area contributed by atoms with Crippen LogP contribution in [0.5, 0.6) is 0 Å². The van der Waals surface area contributed by atoms with Crippen molar-refractivity contribution in [1.82, 2.24) is 0 Å². The number of esters is 1. The molecular weight excluding hydrogens is 272 g/mol. The predicted molar refractivity (Wildman–Crippen MR) is 91.5 cm³/mol. The lowest BCUT2D eigenvalue weighted by atomic mass is 9.77. The topological polar surface area (TPSA) is 26.3 Å². The molecule has 124 valence electrons. The average molecular weight is 304 g/mol. The van der Waals surface area contributed by atoms with Crippen LogP contribution >= 0.6 is 0 Å². The minimum Gasteiger partial charge on any atom is -0.465 e. The molecule has 1 saturated carbocycles. The van der Waals surface area contributed by atoms with E-state index in [1.165, 1.54) is 0 Å². The summed E-state index contributed by atoms with van der Waals surface area (Å²) in [6, 6.07) is 0. The van der Waals surface area contributed by atoms with Crippen LogP contribution in [0.2, 0.25) is 0 Å². The van der Waals surface area contributed by atoms with Gasteiger partial charge in [-0.1, -0.05) is 57.9 Å². The van der Waals surface area contributed by atoms with E-state index in [-0.39, 0.29) is 17.3 Å². The minimum atomic E-state index is 0.0163. The van der Waals surface area contributed by atoms with E-state index < -0.39 is 0 Å². The van der Waals surface area contributed by atoms with Gasteiger partial charge in [0.2, 0.25) is 0 Å². The predicted octanol–water partition coefficient (Wildman–Crippen LogP) is 5.29. The van der Waals surface area contributed by atoms with Gasteiger partial charge in [-0.25, -0.2) is 0 Å². The van der Waals surface area contributed by atoms with E-state index in [4.69, 9.17) is 4.74 Å². The molecule has 0 radical (unpaired) electrons. The van der Waals surface area contributed by atoms with Gasteiger partial charge < -0.3 is 4.74 Å². The Balaban J connectivity index is 1.83. The summed E-state index contributed by atoms with van der Waals surface area (Å²) in [5, 5.41) is 0. The summed E-state index contributed by atoms with van der Waals surface area (Å²) in [6.07, 6.45) is 10.1. The maximum atomic E-state index is 11.7. The zero-order valence-corrected chi connectivity index (χ0v) is 14.9. The Morgan fingerprint density at radius 3 is 2.45 bits per heavy atom. The quantitative estimate of drug-likeness (QED) is 0.471. The third-order valence-corrected chi connectivity index (χ3v) is 4.92. The monoisotopic (exact) mass is 304 g/mol. The van der Waals surface area contributed by atoms with Crippen molar-refractivity contribution in [3.05, 3.63) is 23.3 Å². The van der Waals surface area contributed by atoms with Crippen LogP contribution in [0.4, 0.5) is 0 Å². The summed E-state index contributed by atoms with van der Waals surface area (Å²) in [5.74, 6) is 1.41. The Morgan fingerprint density at radius 2 is 1.86 bits per heavy atom. The van der Waals surface area contributed by atoms with E-state index in [9.17, 15) is 4.79 Å². The number of rotatable bonds is 7. The Morgan fingerprint density at radius 1 is 1.23 bits per heavy atom. The molecule has 0 N–H and O–H groups in total. The van der Waals surface area contributed by atoms with Crippen molar-refractivity contribution in [3.8, 4) is 0 Å². The lowest BCUT2D eigenvalue weighted by molar-refractivity contribution is -0.148. The van der Waals surface area contributed by atoms with Crippen molar-refractivity contribution >= 4 is 5.97 Å². The van der Waals surface area contributed by atoms with Gasteiger partial charge in [-0.05, 0) is 49.4 Å². The Kier molecular flexibility index (Phi) is 5.52. The maximum absolute atomic E-state index is 11.7. The van der Waals surface area contributed by atoms with Crippen molar-refractivity contribution in [2.45, 2.75) is 66.7 Å². The highest BCUT2D eigenvalue weighted by Gasteiger charge is 2.33. The zero-order valence-electron chi connectivity index (χ0n) is 14.9. The molecule has 2 rings (SSSR count). The molecule has 2 aliphatic rings. The normalized spacial score (nSPS) is 20.5. The molecule has 2 aliphatic carbocycles. The van der Waals surface area contributed by atoms with Gasteiger partial charge in [-0.3, -0.25) is 4.79 Å². The van der Waals surface area contributed by atoms with E-state index in [0.717, 1.165) is 32.1 Å². The summed E-state index contributed by atoms with van der Waals surface area (Å²) in [7, 11) is 0. The largest absolute Gasteiger partial charge is 0.465 e. The van der Waals surface area contributed by atoms with E-state index >= 15 is 0 Å². The Hall–Kier alpha value is -1.05. The fourth-order valence-electron chi connectivity index (χ4n) is 3.28. The highest BCUT2D eigenvalue weighted by Crippen LogP contribution is 2.36. The van der Waals surface area contributed by atoms with Crippen molar-refractivity contribution in [3.63, 3.8) is 0 Å². The molecule has 1 atom stereocenters. The molecule has 2 heteroatoms. The summed E-state index contributed by atoms with van der Waals surface area (Å²) in [6.45, 7) is 11.9. The van der Waals surface area contributed by atoms with Crippen LogP contribution in [0.25, 0.3) is 0 Å². The van der Waals surface area contributed by atoms with Crippen molar-refractivity contribution in [2.24, 2.45) is 23.2 Å². The zero-order chi connectivity index (χ0) is 16.3. The third kappa shape index (κ3) is 5.00. The highest BCUT2D eigenvalue weighted by atomic mass is 16.5. The first-order valence-electron chi connectivity index (χ1n) is 8.83. The fourth-order valence-corrected chi connectivity index (χ4v) is 3.28. The van der Waals surface area contributed by atoms with Gasteiger partial charge in [-0.2, -0.15) is 0 Å². The van der Waals surface area contributed by atoms with Gasteiger partial charge >= 0.3 is 5.97 Å². The van der Waals surface area contributed by atoms with Crippen LogP contribution in [0.15, 0.2) is 23.3 Å². The van der Waals surface area contributed by atoms with Crippen LogP contribution in [0, 0.1) is 23.2 Å². The van der Waals surface area contributed by atoms with Crippen LogP contribution in [-0.4, -0.2) is 12.6 Å². The molecule has 0 aromatic carbocycles. The van der Waals surface area contributed by atoms with E-state index in [1.807, 2.05) is 0 Å². The fraction of sp³-hybridized carbons (Fsp3) is 0.750. The van der Waals surface area contributed by atoms with Gasteiger partial charge in [0, 0.05) is 0 Å². The Labute approximate surface area is 136 Å². The van der Waals surface area contributed by atoms with Crippen LogP contribution in [0.3, 0.4) is 0 Å². The van der Waals surface area contributed by atoms with Gasteiger partial charge in [-0.15, -0.1) is 0 Å². The van der Waals surface area contributed by atoms with Gasteiger partial charge in [0.15, 0.2) is 0 Å². The minimum absolute atomic E-state index is 0.0163. The van der Waals surface area contributed by atoms with E-state index in [1.54, 1.807) is 11.1 Å². The lowest BCUT2D eigenvalue weighted by Crippen LogP contribution is -2.25. The van der Waals surface area contributed by atoms with Gasteiger partial charge in [0.25, 0.3) is 0 Å². The molecule has 0 aromatic heterocycles. The van der Waals surface area contributed by atoms with Crippen molar-refractivity contribution < 1.29 is 9.53 Å². The smallest absolute Gasteiger partial charge is 0.308 e. The number of carbonyl (C=O) groups excluding carboxylic acids is 1. The van der Waals surface area contributed by atoms with Crippen molar-refractivity contribution in [2.75, 3.05) is 6.61 Å². The number of hydrogen-bond acceptors (Lipinski definition) is 2. The molecule has 0 heterocycles. The molecule has 0 bridgehead atoms. The molecule has 2 nitrogen and oxygen atoms in total. The molecule has 0 saturated heterocycles. The van der Waals surface area contributed by atoms with Crippen LogP contribution in [-0.2, 0) is 9.53 Å². The summed E-state index contributed by atoms with van der Waals surface area (Å²) in [4.78, 5) is 11.7. The second-order valence-electron chi connectivity index (χ2n) is 8.28. The summed E-state index contributed by atoms with van der Waals surface area (Å²) < 4.78 is 5.51. The highest BCUT2D eigenvalue weighted by molar-refractivity contribution is 5.74. The Bertz CT molecular complexity index is 464. The molecule has 0 aromatic rings. The first kappa shape index (κ1) is 17.3. The summed E-state index contributed by atoms with van der Waals surface area (Å²) >= 11 is 0. The van der Waals surface area contributed by atoms with E-state index in [2.05, 4.69) is 46.8 Å². The first-order chi connectivity index (χ1) is 10.3. The third-order valence-electron chi connectivity index (χ3n) is 4.92. The molecule has 0 spiro atoms. The number of hydrogen-bond donors (Lipinski definition) is 0. The molecule has 1 fully saturated rings. The lowest BCUT2D eigenvalue weighted by Gasteiger charge is -2.30.